The number of nitrogens with zero attached hydrogens (tertiary/aromatic N) is 2. The molecule has 0 unspecified atom stereocenters. The molecule has 7 heteroatoms. The SMILES string of the molecule is Cc1nc(C2CC2)[nH]c(=O)c1C(=O)N(CCO)CCO. The summed E-state index contributed by atoms with van der Waals surface area (Å²) in [5.74, 6) is 0.429. The maximum Gasteiger partial charge on any atom is 0.264 e. The molecule has 3 N–H and O–H groups in total. The third-order valence-corrected chi connectivity index (χ3v) is 3.32. The van der Waals surface area contributed by atoms with Crippen LogP contribution < -0.4 is 5.56 Å². The molecule has 0 bridgehead atoms. The highest BCUT2D eigenvalue weighted by molar-refractivity contribution is 5.94. The number of aliphatic hydroxyl groups is 2. The minimum Gasteiger partial charge on any atom is -0.395 e. The number of H-pyrrole nitrogens is 1. The summed E-state index contributed by atoms with van der Waals surface area (Å²) in [6, 6.07) is 0. The van der Waals surface area contributed by atoms with E-state index in [9.17, 15) is 9.59 Å². The molecule has 2 rings (SSSR count). The van der Waals surface area contributed by atoms with Crippen molar-refractivity contribution in [1.82, 2.24) is 14.9 Å². The molecule has 0 aromatic carbocycles. The Morgan fingerprint density at radius 2 is 1.95 bits per heavy atom. The van der Waals surface area contributed by atoms with Gasteiger partial charge in [-0.3, -0.25) is 9.59 Å². The van der Waals surface area contributed by atoms with E-state index in [1.165, 1.54) is 4.90 Å². The highest BCUT2D eigenvalue weighted by Gasteiger charge is 2.29. The van der Waals surface area contributed by atoms with Crippen LogP contribution in [0, 0.1) is 6.92 Å². The Labute approximate surface area is 116 Å². The number of aromatic amines is 1. The molecule has 1 saturated carbocycles. The van der Waals surface area contributed by atoms with E-state index < -0.39 is 11.5 Å². The van der Waals surface area contributed by atoms with Gasteiger partial charge in [0.25, 0.3) is 11.5 Å². The summed E-state index contributed by atoms with van der Waals surface area (Å²) in [6.45, 7) is 1.32. The number of carbonyl (C=O) groups is 1. The van der Waals surface area contributed by atoms with Crippen molar-refractivity contribution >= 4 is 5.91 Å². The smallest absolute Gasteiger partial charge is 0.264 e. The molecule has 110 valence electrons. The fourth-order valence-electron chi connectivity index (χ4n) is 2.12. The summed E-state index contributed by atoms with van der Waals surface area (Å²) < 4.78 is 0. The Morgan fingerprint density at radius 3 is 2.40 bits per heavy atom. The lowest BCUT2D eigenvalue weighted by Gasteiger charge is -2.21. The lowest BCUT2D eigenvalue weighted by Crippen LogP contribution is -2.39. The second kappa shape index (κ2) is 6.15. The molecule has 0 aliphatic heterocycles. The molecule has 1 aromatic rings. The number of carbonyl (C=O) groups excluding carboxylic acids is 1. The molecular weight excluding hydrogens is 262 g/mol. The average molecular weight is 281 g/mol. The first-order chi connectivity index (χ1) is 9.58. The van der Waals surface area contributed by atoms with Gasteiger partial charge in [-0.05, 0) is 19.8 Å². The molecule has 1 aliphatic carbocycles. The second-order valence-electron chi connectivity index (χ2n) is 4.93. The molecule has 20 heavy (non-hydrogen) atoms. The van der Waals surface area contributed by atoms with Crippen LogP contribution >= 0.6 is 0 Å². The number of hydrogen-bond acceptors (Lipinski definition) is 5. The van der Waals surface area contributed by atoms with E-state index in [2.05, 4.69) is 9.97 Å². The van der Waals surface area contributed by atoms with Crippen molar-refractivity contribution < 1.29 is 15.0 Å². The quantitative estimate of drug-likeness (QED) is 0.644. The monoisotopic (exact) mass is 281 g/mol. The lowest BCUT2D eigenvalue weighted by molar-refractivity contribution is 0.0681. The molecule has 0 spiro atoms. The van der Waals surface area contributed by atoms with Crippen molar-refractivity contribution in [3.05, 3.63) is 27.4 Å². The van der Waals surface area contributed by atoms with Gasteiger partial charge in [0.2, 0.25) is 0 Å². The second-order valence-corrected chi connectivity index (χ2v) is 4.93. The number of hydrogen-bond donors (Lipinski definition) is 3. The predicted octanol–water partition coefficient (Wildman–Crippen LogP) is -0.617. The third kappa shape index (κ3) is 3.05. The summed E-state index contributed by atoms with van der Waals surface area (Å²) in [6.07, 6.45) is 2.02. The van der Waals surface area contributed by atoms with Gasteiger partial charge in [-0.1, -0.05) is 0 Å². The van der Waals surface area contributed by atoms with Crippen molar-refractivity contribution in [2.24, 2.45) is 0 Å². The number of amides is 1. The highest BCUT2D eigenvalue weighted by Crippen LogP contribution is 2.37. The minimum atomic E-state index is -0.512. The van der Waals surface area contributed by atoms with Gasteiger partial charge in [-0.15, -0.1) is 0 Å². The minimum absolute atomic E-state index is 0.0173. The number of nitrogens with one attached hydrogen (secondary N) is 1. The summed E-state index contributed by atoms with van der Waals surface area (Å²) in [5, 5.41) is 17.9. The van der Waals surface area contributed by atoms with Crippen molar-refractivity contribution in [1.29, 1.82) is 0 Å². The first-order valence-electron chi connectivity index (χ1n) is 6.70. The maximum atomic E-state index is 12.3. The van der Waals surface area contributed by atoms with Gasteiger partial charge in [-0.25, -0.2) is 4.98 Å². The molecule has 0 saturated heterocycles. The van der Waals surface area contributed by atoms with E-state index in [0.717, 1.165) is 12.8 Å². The maximum absolute atomic E-state index is 12.3. The zero-order chi connectivity index (χ0) is 14.7. The molecule has 1 aliphatic rings. The van der Waals surface area contributed by atoms with E-state index in [1.54, 1.807) is 6.92 Å². The van der Waals surface area contributed by atoms with Crippen LogP contribution in [0.15, 0.2) is 4.79 Å². The van der Waals surface area contributed by atoms with Crippen LogP contribution in [-0.4, -0.2) is 57.3 Å². The zero-order valence-electron chi connectivity index (χ0n) is 11.4. The van der Waals surface area contributed by atoms with Crippen LogP contribution in [0.1, 0.15) is 40.6 Å². The van der Waals surface area contributed by atoms with E-state index in [4.69, 9.17) is 10.2 Å². The molecule has 7 nitrogen and oxygen atoms in total. The summed E-state index contributed by atoms with van der Waals surface area (Å²) in [4.78, 5) is 32.6. The van der Waals surface area contributed by atoms with Crippen LogP contribution in [-0.2, 0) is 0 Å². The van der Waals surface area contributed by atoms with Gasteiger partial charge in [-0.2, -0.15) is 0 Å². The van der Waals surface area contributed by atoms with Crippen LogP contribution in [0.2, 0.25) is 0 Å². The molecule has 0 radical (unpaired) electrons. The van der Waals surface area contributed by atoms with Gasteiger partial charge in [0.05, 0.1) is 18.9 Å². The molecule has 1 aromatic heterocycles. The Hall–Kier alpha value is -1.73. The fraction of sp³-hybridized carbons (Fsp3) is 0.615. The Balaban J connectivity index is 2.30. The number of aryl methyl sites for hydroxylation is 1. The van der Waals surface area contributed by atoms with Gasteiger partial charge >= 0.3 is 0 Å². The summed E-state index contributed by atoms with van der Waals surface area (Å²) >= 11 is 0. The molecule has 0 atom stereocenters. The van der Waals surface area contributed by atoms with E-state index in [-0.39, 0.29) is 31.9 Å². The lowest BCUT2D eigenvalue weighted by atomic mass is 10.2. The normalized spacial score (nSPS) is 14.3. The van der Waals surface area contributed by atoms with Crippen LogP contribution in [0.25, 0.3) is 0 Å². The molecule has 1 heterocycles. The number of aliphatic hydroxyl groups excluding tert-OH is 2. The van der Waals surface area contributed by atoms with Gasteiger partial charge in [0.15, 0.2) is 0 Å². The Morgan fingerprint density at radius 1 is 1.35 bits per heavy atom. The van der Waals surface area contributed by atoms with Crippen molar-refractivity contribution in [3.8, 4) is 0 Å². The first-order valence-corrected chi connectivity index (χ1v) is 6.70. The predicted molar refractivity (Wildman–Crippen MR) is 71.6 cm³/mol. The Bertz CT molecular complexity index is 545. The third-order valence-electron chi connectivity index (χ3n) is 3.32. The first kappa shape index (κ1) is 14.7. The van der Waals surface area contributed by atoms with Crippen molar-refractivity contribution in [2.75, 3.05) is 26.3 Å². The van der Waals surface area contributed by atoms with E-state index in [1.807, 2.05) is 0 Å². The topological polar surface area (TPSA) is 107 Å². The standard InChI is InChI=1S/C13H19N3O4/c1-8-10(13(20)16(4-6-17)5-7-18)12(19)15-11(14-8)9-2-3-9/h9,17-18H,2-7H2,1H3,(H,14,15,19). The molecule has 1 fully saturated rings. The summed E-state index contributed by atoms with van der Waals surface area (Å²) in [5.41, 5.74) is -0.0805. The van der Waals surface area contributed by atoms with Gasteiger partial charge in [0, 0.05) is 19.0 Å². The van der Waals surface area contributed by atoms with Crippen LogP contribution in [0.4, 0.5) is 0 Å². The number of aromatic nitrogens is 2. The van der Waals surface area contributed by atoms with E-state index >= 15 is 0 Å². The van der Waals surface area contributed by atoms with Crippen molar-refractivity contribution in [2.45, 2.75) is 25.7 Å². The zero-order valence-corrected chi connectivity index (χ0v) is 11.4. The van der Waals surface area contributed by atoms with E-state index in [0.29, 0.717) is 17.4 Å². The van der Waals surface area contributed by atoms with Crippen molar-refractivity contribution in [3.63, 3.8) is 0 Å². The fourth-order valence-corrected chi connectivity index (χ4v) is 2.12. The van der Waals surface area contributed by atoms with Crippen LogP contribution in [0.3, 0.4) is 0 Å². The van der Waals surface area contributed by atoms with Gasteiger partial charge < -0.3 is 20.1 Å². The summed E-state index contributed by atoms with van der Waals surface area (Å²) in [7, 11) is 0. The highest BCUT2D eigenvalue weighted by atomic mass is 16.3. The average Bonchev–Trinajstić information content (AvgIpc) is 3.21. The van der Waals surface area contributed by atoms with Gasteiger partial charge in [0.1, 0.15) is 11.4 Å². The molecular formula is C13H19N3O4. The Kier molecular flexibility index (Phi) is 4.51. The van der Waals surface area contributed by atoms with Crippen LogP contribution in [0.5, 0.6) is 0 Å². The number of rotatable bonds is 6. The largest absolute Gasteiger partial charge is 0.395 e. The molecule has 1 amide bonds.